The molecule has 0 bridgehead atoms. The third-order valence-electron chi connectivity index (χ3n) is 2.52. The van der Waals surface area contributed by atoms with Crippen LogP contribution in [0.3, 0.4) is 0 Å². The van der Waals surface area contributed by atoms with E-state index in [1.165, 1.54) is 11.0 Å². The molecule has 84 valence electrons. The topological polar surface area (TPSA) is 66.8 Å². The van der Waals surface area contributed by atoms with Gasteiger partial charge in [0.05, 0.1) is 12.1 Å². The molecule has 0 saturated carbocycles. The SMILES string of the molecule is Cc1ccc(N2CCOC2=O)cc1C(=O)O. The average Bonchev–Trinajstić information content (AvgIpc) is 2.65. The number of aryl methyl sites for hydroxylation is 1. The summed E-state index contributed by atoms with van der Waals surface area (Å²) in [5.74, 6) is -0.994. The van der Waals surface area contributed by atoms with Crippen molar-refractivity contribution in [3.8, 4) is 0 Å². The molecule has 0 spiro atoms. The zero-order valence-corrected chi connectivity index (χ0v) is 8.77. The van der Waals surface area contributed by atoms with E-state index in [9.17, 15) is 9.59 Å². The van der Waals surface area contributed by atoms with Gasteiger partial charge in [-0.1, -0.05) is 6.07 Å². The molecule has 1 heterocycles. The minimum absolute atomic E-state index is 0.206. The number of rotatable bonds is 2. The van der Waals surface area contributed by atoms with Crippen molar-refractivity contribution in [2.75, 3.05) is 18.1 Å². The second-order valence-electron chi connectivity index (χ2n) is 3.57. The van der Waals surface area contributed by atoms with Crippen LogP contribution in [0.25, 0.3) is 0 Å². The smallest absolute Gasteiger partial charge is 0.414 e. The van der Waals surface area contributed by atoms with E-state index in [2.05, 4.69) is 0 Å². The van der Waals surface area contributed by atoms with Crippen molar-refractivity contribution in [3.63, 3.8) is 0 Å². The fraction of sp³-hybridized carbons (Fsp3) is 0.273. The highest BCUT2D eigenvalue weighted by Crippen LogP contribution is 2.22. The first-order valence-electron chi connectivity index (χ1n) is 4.88. The Morgan fingerprint density at radius 1 is 1.50 bits per heavy atom. The van der Waals surface area contributed by atoms with Gasteiger partial charge >= 0.3 is 12.1 Å². The van der Waals surface area contributed by atoms with E-state index < -0.39 is 12.1 Å². The molecule has 0 aliphatic carbocycles. The summed E-state index contributed by atoms with van der Waals surface area (Å²) >= 11 is 0. The van der Waals surface area contributed by atoms with Crippen LogP contribution in [0.5, 0.6) is 0 Å². The second kappa shape index (κ2) is 3.84. The molecule has 0 atom stereocenters. The monoisotopic (exact) mass is 221 g/mol. The van der Waals surface area contributed by atoms with E-state index in [-0.39, 0.29) is 5.56 Å². The highest BCUT2D eigenvalue weighted by Gasteiger charge is 2.24. The summed E-state index contributed by atoms with van der Waals surface area (Å²) in [7, 11) is 0. The maximum Gasteiger partial charge on any atom is 0.414 e. The zero-order valence-electron chi connectivity index (χ0n) is 8.77. The largest absolute Gasteiger partial charge is 0.478 e. The Balaban J connectivity index is 2.39. The first-order chi connectivity index (χ1) is 7.59. The molecule has 5 nitrogen and oxygen atoms in total. The lowest BCUT2D eigenvalue weighted by atomic mass is 10.1. The van der Waals surface area contributed by atoms with Gasteiger partial charge in [0.25, 0.3) is 0 Å². The number of nitrogens with zero attached hydrogens (tertiary/aromatic N) is 1. The van der Waals surface area contributed by atoms with Crippen molar-refractivity contribution in [3.05, 3.63) is 29.3 Å². The summed E-state index contributed by atoms with van der Waals surface area (Å²) in [5, 5.41) is 8.96. The molecule has 1 aromatic rings. The number of carbonyl (C=O) groups is 2. The van der Waals surface area contributed by atoms with E-state index in [0.29, 0.717) is 24.4 Å². The van der Waals surface area contributed by atoms with Crippen LogP contribution in [0.15, 0.2) is 18.2 Å². The van der Waals surface area contributed by atoms with Gasteiger partial charge in [-0.2, -0.15) is 0 Å². The summed E-state index contributed by atoms with van der Waals surface area (Å²) in [6, 6.07) is 4.89. The van der Waals surface area contributed by atoms with Crippen LogP contribution >= 0.6 is 0 Å². The molecule has 1 amide bonds. The van der Waals surface area contributed by atoms with Gasteiger partial charge in [-0.25, -0.2) is 9.59 Å². The number of amides is 1. The Kier molecular flexibility index (Phi) is 2.52. The lowest BCUT2D eigenvalue weighted by Gasteiger charge is -2.13. The number of hydrogen-bond acceptors (Lipinski definition) is 3. The van der Waals surface area contributed by atoms with Gasteiger partial charge in [0.1, 0.15) is 6.61 Å². The van der Waals surface area contributed by atoms with E-state index in [4.69, 9.17) is 9.84 Å². The minimum atomic E-state index is -0.994. The van der Waals surface area contributed by atoms with Crippen LogP contribution in [-0.4, -0.2) is 30.3 Å². The first kappa shape index (κ1) is 10.5. The number of benzene rings is 1. The lowest BCUT2D eigenvalue weighted by Crippen LogP contribution is -2.23. The molecule has 0 radical (unpaired) electrons. The lowest BCUT2D eigenvalue weighted by molar-refractivity contribution is 0.0696. The minimum Gasteiger partial charge on any atom is -0.478 e. The van der Waals surface area contributed by atoms with Gasteiger partial charge in [0.15, 0.2) is 0 Å². The fourth-order valence-electron chi connectivity index (χ4n) is 1.64. The maximum atomic E-state index is 11.3. The van der Waals surface area contributed by atoms with Crippen molar-refractivity contribution in [1.82, 2.24) is 0 Å². The van der Waals surface area contributed by atoms with E-state index in [1.54, 1.807) is 19.1 Å². The van der Waals surface area contributed by atoms with Gasteiger partial charge in [-0.3, -0.25) is 4.90 Å². The molecular formula is C11H11NO4. The normalized spacial score (nSPS) is 15.1. The predicted octanol–water partition coefficient (Wildman–Crippen LogP) is 1.65. The van der Waals surface area contributed by atoms with Crippen molar-refractivity contribution in [2.24, 2.45) is 0 Å². The summed E-state index contributed by atoms with van der Waals surface area (Å²) in [6.45, 7) is 2.52. The third kappa shape index (κ3) is 1.71. The number of aromatic carboxylic acids is 1. The van der Waals surface area contributed by atoms with Crippen molar-refractivity contribution in [1.29, 1.82) is 0 Å². The van der Waals surface area contributed by atoms with Crippen molar-refractivity contribution < 1.29 is 19.4 Å². The highest BCUT2D eigenvalue weighted by molar-refractivity contribution is 5.94. The predicted molar refractivity (Wildman–Crippen MR) is 56.8 cm³/mol. The van der Waals surface area contributed by atoms with Crippen LogP contribution in [0, 0.1) is 6.92 Å². The average molecular weight is 221 g/mol. The first-order valence-corrected chi connectivity index (χ1v) is 4.88. The molecule has 0 aromatic heterocycles. The molecule has 2 rings (SSSR count). The van der Waals surface area contributed by atoms with Crippen LogP contribution in [0.4, 0.5) is 10.5 Å². The van der Waals surface area contributed by atoms with Gasteiger partial charge in [0, 0.05) is 5.69 Å². The maximum absolute atomic E-state index is 11.3. The Labute approximate surface area is 92.2 Å². The van der Waals surface area contributed by atoms with Crippen LogP contribution in [0.2, 0.25) is 0 Å². The standard InChI is InChI=1S/C11H11NO4/c1-7-2-3-8(6-9(7)10(13)14)12-4-5-16-11(12)15/h2-3,6H,4-5H2,1H3,(H,13,14). The van der Waals surface area contributed by atoms with Crippen molar-refractivity contribution >= 4 is 17.7 Å². The number of carboxylic acids is 1. The molecular weight excluding hydrogens is 210 g/mol. The quantitative estimate of drug-likeness (QED) is 0.824. The Morgan fingerprint density at radius 2 is 2.25 bits per heavy atom. The zero-order chi connectivity index (χ0) is 11.7. The Hall–Kier alpha value is -2.04. The van der Waals surface area contributed by atoms with E-state index in [1.807, 2.05) is 0 Å². The Bertz CT molecular complexity index is 455. The van der Waals surface area contributed by atoms with Gasteiger partial charge < -0.3 is 9.84 Å². The number of anilines is 1. The van der Waals surface area contributed by atoms with Crippen LogP contribution in [-0.2, 0) is 4.74 Å². The number of carbonyl (C=O) groups excluding carboxylic acids is 1. The third-order valence-corrected chi connectivity index (χ3v) is 2.52. The Morgan fingerprint density at radius 3 is 2.81 bits per heavy atom. The van der Waals surface area contributed by atoms with Gasteiger partial charge in [-0.15, -0.1) is 0 Å². The van der Waals surface area contributed by atoms with E-state index >= 15 is 0 Å². The van der Waals surface area contributed by atoms with Gasteiger partial charge in [-0.05, 0) is 24.6 Å². The van der Waals surface area contributed by atoms with Crippen LogP contribution < -0.4 is 4.90 Å². The summed E-state index contributed by atoms with van der Waals surface area (Å²) in [4.78, 5) is 23.7. The number of hydrogen-bond donors (Lipinski definition) is 1. The van der Waals surface area contributed by atoms with Gasteiger partial charge in [0.2, 0.25) is 0 Å². The molecule has 1 N–H and O–H groups in total. The van der Waals surface area contributed by atoms with Crippen LogP contribution in [0.1, 0.15) is 15.9 Å². The molecule has 0 unspecified atom stereocenters. The molecule has 1 aliphatic rings. The summed E-state index contributed by atoms with van der Waals surface area (Å²) in [6.07, 6.45) is -0.430. The molecule has 1 aromatic carbocycles. The molecule has 1 fully saturated rings. The highest BCUT2D eigenvalue weighted by atomic mass is 16.6. The second-order valence-corrected chi connectivity index (χ2v) is 3.57. The molecule has 1 aliphatic heterocycles. The molecule has 1 saturated heterocycles. The fourth-order valence-corrected chi connectivity index (χ4v) is 1.64. The van der Waals surface area contributed by atoms with E-state index in [0.717, 1.165) is 0 Å². The van der Waals surface area contributed by atoms with Crippen molar-refractivity contribution in [2.45, 2.75) is 6.92 Å². The number of carboxylic acid groups (broad SMARTS) is 1. The number of ether oxygens (including phenoxy) is 1. The molecule has 16 heavy (non-hydrogen) atoms. The summed E-state index contributed by atoms with van der Waals surface area (Å²) in [5.41, 5.74) is 1.44. The summed E-state index contributed by atoms with van der Waals surface area (Å²) < 4.78 is 4.79. The number of cyclic esters (lactones) is 1. The molecule has 5 heteroatoms.